The highest BCUT2D eigenvalue weighted by Gasteiger charge is 2.31. The highest BCUT2D eigenvalue weighted by molar-refractivity contribution is 7.89. The van der Waals surface area contributed by atoms with Crippen molar-refractivity contribution in [2.24, 2.45) is 5.73 Å². The molecule has 104 valence electrons. The van der Waals surface area contributed by atoms with Crippen molar-refractivity contribution in [3.63, 3.8) is 0 Å². The molecule has 1 aliphatic heterocycles. The number of halogens is 1. The molecule has 0 aliphatic carbocycles. The second kappa shape index (κ2) is 5.88. The highest BCUT2D eigenvalue weighted by Crippen LogP contribution is 2.24. The fourth-order valence-electron chi connectivity index (χ4n) is 2.06. The summed E-state index contributed by atoms with van der Waals surface area (Å²) < 4.78 is 26.2. The Morgan fingerprint density at radius 2 is 2.16 bits per heavy atom. The number of hydrogen-bond acceptors (Lipinski definition) is 4. The van der Waals surface area contributed by atoms with Crippen molar-refractivity contribution < 1.29 is 8.42 Å². The predicted octanol–water partition coefficient (Wildman–Crippen LogP) is 1.01. The van der Waals surface area contributed by atoms with Crippen molar-refractivity contribution >= 4 is 22.4 Å². The summed E-state index contributed by atoms with van der Waals surface area (Å²) in [5.41, 5.74) is 6.73. The van der Waals surface area contributed by atoms with Gasteiger partial charge in [-0.2, -0.15) is 9.57 Å². The van der Waals surface area contributed by atoms with Gasteiger partial charge < -0.3 is 5.73 Å². The Morgan fingerprint density at radius 1 is 1.47 bits per heavy atom. The van der Waals surface area contributed by atoms with Crippen LogP contribution in [0.5, 0.6) is 0 Å². The van der Waals surface area contributed by atoms with Gasteiger partial charge in [0.2, 0.25) is 10.0 Å². The van der Waals surface area contributed by atoms with E-state index in [0.29, 0.717) is 30.6 Å². The van der Waals surface area contributed by atoms with Crippen LogP contribution < -0.4 is 5.73 Å². The Morgan fingerprint density at radius 3 is 2.68 bits per heavy atom. The molecular weight excluding hydrogens is 286 g/mol. The molecule has 0 spiro atoms. The molecule has 0 bridgehead atoms. The Balaban J connectivity index is 0.00000180. The summed E-state index contributed by atoms with van der Waals surface area (Å²) in [5.74, 6) is 0. The van der Waals surface area contributed by atoms with Crippen LogP contribution in [0.3, 0.4) is 0 Å². The maximum Gasteiger partial charge on any atom is 0.243 e. The summed E-state index contributed by atoms with van der Waals surface area (Å²) in [6, 6.07) is 6.55. The zero-order valence-corrected chi connectivity index (χ0v) is 12.2. The van der Waals surface area contributed by atoms with E-state index >= 15 is 0 Å². The Labute approximate surface area is 119 Å². The minimum absolute atomic E-state index is 0. The lowest BCUT2D eigenvalue weighted by Gasteiger charge is -2.17. The molecule has 1 aromatic carbocycles. The summed E-state index contributed by atoms with van der Waals surface area (Å²) in [6.45, 7) is 2.52. The number of benzene rings is 1. The van der Waals surface area contributed by atoms with Gasteiger partial charge in [0, 0.05) is 19.1 Å². The highest BCUT2D eigenvalue weighted by atomic mass is 35.5. The van der Waals surface area contributed by atoms with E-state index in [1.807, 2.05) is 6.07 Å². The first-order valence-electron chi connectivity index (χ1n) is 5.71. The number of nitriles is 1. The number of aryl methyl sites for hydroxylation is 1. The van der Waals surface area contributed by atoms with Gasteiger partial charge >= 0.3 is 0 Å². The number of nitrogens with zero attached hydrogens (tertiary/aromatic N) is 2. The molecule has 0 radical (unpaired) electrons. The van der Waals surface area contributed by atoms with Gasteiger partial charge in [-0.3, -0.25) is 0 Å². The Hall–Kier alpha value is -1.13. The maximum atomic E-state index is 12.4. The van der Waals surface area contributed by atoms with Gasteiger partial charge in [0.25, 0.3) is 0 Å². The molecular formula is C12H16ClN3O2S. The summed E-state index contributed by atoms with van der Waals surface area (Å²) in [7, 11) is -3.53. The third-order valence-electron chi connectivity index (χ3n) is 3.12. The standard InChI is InChI=1S/C12H15N3O2S.ClH/c1-9-2-3-10(7-13)6-12(9)18(16,17)15-5-4-11(14)8-15;/h2-3,6,11H,4-5,8,14H2,1H3;1H/t11-;/m0./s1. The average molecular weight is 302 g/mol. The molecule has 5 nitrogen and oxygen atoms in total. The van der Waals surface area contributed by atoms with E-state index in [9.17, 15) is 8.42 Å². The van der Waals surface area contributed by atoms with E-state index in [-0.39, 0.29) is 23.3 Å². The van der Waals surface area contributed by atoms with Crippen LogP contribution >= 0.6 is 12.4 Å². The monoisotopic (exact) mass is 301 g/mol. The van der Waals surface area contributed by atoms with Crippen molar-refractivity contribution in [1.29, 1.82) is 5.26 Å². The van der Waals surface area contributed by atoms with E-state index in [1.165, 1.54) is 10.4 Å². The normalized spacial score (nSPS) is 19.7. The first-order chi connectivity index (χ1) is 8.45. The van der Waals surface area contributed by atoms with E-state index in [2.05, 4.69) is 0 Å². The van der Waals surface area contributed by atoms with Crippen molar-refractivity contribution in [3.8, 4) is 6.07 Å². The Kier molecular flexibility index (Phi) is 4.93. The van der Waals surface area contributed by atoms with Crippen LogP contribution in [0.1, 0.15) is 17.5 Å². The van der Waals surface area contributed by atoms with Crippen molar-refractivity contribution in [1.82, 2.24) is 4.31 Å². The van der Waals surface area contributed by atoms with Crippen LogP contribution in [0.25, 0.3) is 0 Å². The molecule has 0 aromatic heterocycles. The second-order valence-corrected chi connectivity index (χ2v) is 6.41. The second-order valence-electron chi connectivity index (χ2n) is 4.50. The largest absolute Gasteiger partial charge is 0.326 e. The molecule has 0 amide bonds. The maximum absolute atomic E-state index is 12.4. The zero-order chi connectivity index (χ0) is 13.3. The molecule has 1 aliphatic rings. The molecule has 19 heavy (non-hydrogen) atoms. The van der Waals surface area contributed by atoms with Crippen molar-refractivity contribution in [2.75, 3.05) is 13.1 Å². The van der Waals surface area contributed by atoms with Gasteiger partial charge in [0.15, 0.2) is 0 Å². The smallest absolute Gasteiger partial charge is 0.243 e. The van der Waals surface area contributed by atoms with Crippen LogP contribution in [0, 0.1) is 18.3 Å². The number of rotatable bonds is 2. The molecule has 1 saturated heterocycles. The van der Waals surface area contributed by atoms with E-state index in [0.717, 1.165) is 0 Å². The molecule has 1 fully saturated rings. The van der Waals surface area contributed by atoms with E-state index in [1.54, 1.807) is 19.1 Å². The molecule has 0 unspecified atom stereocenters. The molecule has 1 aromatic rings. The molecule has 1 heterocycles. The van der Waals surface area contributed by atoms with Gasteiger partial charge in [-0.05, 0) is 31.0 Å². The van der Waals surface area contributed by atoms with Crippen LogP contribution in [0.2, 0.25) is 0 Å². The number of sulfonamides is 1. The van der Waals surface area contributed by atoms with Gasteiger partial charge in [0.1, 0.15) is 0 Å². The Bertz CT molecular complexity index is 610. The van der Waals surface area contributed by atoms with Gasteiger partial charge in [-0.25, -0.2) is 8.42 Å². The van der Waals surface area contributed by atoms with Crippen LogP contribution in [-0.4, -0.2) is 31.9 Å². The third-order valence-corrected chi connectivity index (χ3v) is 5.13. The lowest BCUT2D eigenvalue weighted by Crippen LogP contribution is -2.32. The molecule has 2 rings (SSSR count). The minimum Gasteiger partial charge on any atom is -0.326 e. The third kappa shape index (κ3) is 3.07. The summed E-state index contributed by atoms with van der Waals surface area (Å²) in [4.78, 5) is 0.204. The molecule has 2 N–H and O–H groups in total. The molecule has 1 atom stereocenters. The van der Waals surface area contributed by atoms with Gasteiger partial charge in [0.05, 0.1) is 16.5 Å². The van der Waals surface area contributed by atoms with Crippen molar-refractivity contribution in [3.05, 3.63) is 29.3 Å². The van der Waals surface area contributed by atoms with Crippen LogP contribution in [-0.2, 0) is 10.0 Å². The van der Waals surface area contributed by atoms with Gasteiger partial charge in [-0.15, -0.1) is 12.4 Å². The predicted molar refractivity (Wildman–Crippen MR) is 74.5 cm³/mol. The lowest BCUT2D eigenvalue weighted by atomic mass is 10.2. The van der Waals surface area contributed by atoms with Crippen molar-refractivity contribution in [2.45, 2.75) is 24.3 Å². The summed E-state index contributed by atoms with van der Waals surface area (Å²) in [6.07, 6.45) is 0.677. The number of hydrogen-bond donors (Lipinski definition) is 1. The quantitative estimate of drug-likeness (QED) is 0.883. The molecule has 0 saturated carbocycles. The first kappa shape index (κ1) is 15.9. The van der Waals surface area contributed by atoms with E-state index in [4.69, 9.17) is 11.0 Å². The average Bonchev–Trinajstić information content (AvgIpc) is 2.77. The van der Waals surface area contributed by atoms with Crippen LogP contribution in [0.15, 0.2) is 23.1 Å². The zero-order valence-electron chi connectivity index (χ0n) is 10.5. The van der Waals surface area contributed by atoms with Crippen LogP contribution in [0.4, 0.5) is 0 Å². The number of nitrogens with two attached hydrogens (primary N) is 1. The van der Waals surface area contributed by atoms with Gasteiger partial charge in [-0.1, -0.05) is 6.07 Å². The van der Waals surface area contributed by atoms with E-state index < -0.39 is 10.0 Å². The molecule has 7 heteroatoms. The first-order valence-corrected chi connectivity index (χ1v) is 7.15. The fraction of sp³-hybridized carbons (Fsp3) is 0.417. The summed E-state index contributed by atoms with van der Waals surface area (Å²) >= 11 is 0. The topological polar surface area (TPSA) is 87.2 Å². The fourth-order valence-corrected chi connectivity index (χ4v) is 3.82. The minimum atomic E-state index is -3.53. The summed E-state index contributed by atoms with van der Waals surface area (Å²) in [5, 5.41) is 8.85. The lowest BCUT2D eigenvalue weighted by molar-refractivity contribution is 0.472. The SMILES string of the molecule is Cc1ccc(C#N)cc1S(=O)(=O)N1CC[C@H](N)C1.Cl.